The van der Waals surface area contributed by atoms with Crippen LogP contribution in [0.4, 0.5) is 5.13 Å². The molecule has 0 bridgehead atoms. The van der Waals surface area contributed by atoms with E-state index in [9.17, 15) is 4.79 Å². The van der Waals surface area contributed by atoms with Crippen LogP contribution in [0.3, 0.4) is 0 Å². The van der Waals surface area contributed by atoms with E-state index in [0.29, 0.717) is 11.6 Å². The number of hydrogen-bond acceptors (Lipinski definition) is 5. The maximum Gasteiger partial charge on any atom is 0.229 e. The van der Waals surface area contributed by atoms with Gasteiger partial charge in [0.2, 0.25) is 5.91 Å². The van der Waals surface area contributed by atoms with Crippen molar-refractivity contribution in [1.82, 2.24) is 19.9 Å². The van der Waals surface area contributed by atoms with Gasteiger partial charge in [0.15, 0.2) is 5.13 Å². The number of rotatable bonds is 3. The van der Waals surface area contributed by atoms with E-state index >= 15 is 0 Å². The highest BCUT2D eigenvalue weighted by molar-refractivity contribution is 7.14. The molecule has 24 heavy (non-hydrogen) atoms. The molecule has 0 radical (unpaired) electrons. The van der Waals surface area contributed by atoms with E-state index < -0.39 is 0 Å². The summed E-state index contributed by atoms with van der Waals surface area (Å²) in [5.41, 5.74) is 3.97. The van der Waals surface area contributed by atoms with Crippen LogP contribution < -0.4 is 5.32 Å². The molecule has 3 aromatic heterocycles. The first-order valence-corrected chi connectivity index (χ1v) is 8.78. The van der Waals surface area contributed by atoms with Crippen molar-refractivity contribution in [1.29, 1.82) is 0 Å². The van der Waals surface area contributed by atoms with Crippen molar-refractivity contribution >= 4 is 22.4 Å². The molecule has 3 aromatic rings. The van der Waals surface area contributed by atoms with Gasteiger partial charge in [0.25, 0.3) is 0 Å². The van der Waals surface area contributed by atoms with Crippen molar-refractivity contribution < 1.29 is 4.79 Å². The highest BCUT2D eigenvalue weighted by Gasteiger charge is 2.27. The Hall–Kier alpha value is -2.54. The average molecular weight is 339 g/mol. The summed E-state index contributed by atoms with van der Waals surface area (Å²) in [7, 11) is 0. The van der Waals surface area contributed by atoms with E-state index in [0.717, 1.165) is 41.3 Å². The Morgan fingerprint density at radius 2 is 2.33 bits per heavy atom. The summed E-state index contributed by atoms with van der Waals surface area (Å²) in [6.45, 7) is 1.95. The summed E-state index contributed by atoms with van der Waals surface area (Å²) in [5, 5.41) is 5.52. The number of imidazole rings is 1. The lowest BCUT2D eigenvalue weighted by molar-refractivity contribution is -0.120. The fourth-order valence-corrected chi connectivity index (χ4v) is 3.76. The van der Waals surface area contributed by atoms with Crippen LogP contribution in [0.5, 0.6) is 0 Å². The molecular formula is C17H17N5OS. The van der Waals surface area contributed by atoms with E-state index in [1.54, 1.807) is 12.4 Å². The number of fused-ring (bicyclic) bond motifs is 1. The van der Waals surface area contributed by atoms with Gasteiger partial charge >= 0.3 is 0 Å². The molecule has 4 rings (SSSR count). The molecule has 0 saturated heterocycles. The van der Waals surface area contributed by atoms with Crippen molar-refractivity contribution in [3.8, 4) is 11.3 Å². The number of amides is 1. The van der Waals surface area contributed by atoms with Crippen LogP contribution in [-0.4, -0.2) is 25.8 Å². The summed E-state index contributed by atoms with van der Waals surface area (Å²) in [4.78, 5) is 28.8. The number of nitrogens with one attached hydrogen (secondary N) is 2. The van der Waals surface area contributed by atoms with E-state index in [1.807, 2.05) is 24.4 Å². The molecule has 0 aromatic carbocycles. The molecule has 2 N–H and O–H groups in total. The fourth-order valence-electron chi connectivity index (χ4n) is 3.03. The minimum atomic E-state index is -0.0388. The Labute approximate surface area is 143 Å². The first-order chi connectivity index (χ1) is 11.7. The number of carbonyl (C=O) groups excluding carboxylic acids is 1. The molecule has 6 nitrogen and oxygen atoms in total. The maximum absolute atomic E-state index is 12.5. The van der Waals surface area contributed by atoms with E-state index in [2.05, 4.69) is 25.3 Å². The number of aryl methyl sites for hydroxylation is 2. The molecule has 0 aliphatic heterocycles. The van der Waals surface area contributed by atoms with Gasteiger partial charge in [-0.15, -0.1) is 11.3 Å². The number of anilines is 1. The van der Waals surface area contributed by atoms with Crippen molar-refractivity contribution in [2.75, 3.05) is 5.32 Å². The molecular weight excluding hydrogens is 322 g/mol. The molecule has 1 aliphatic carbocycles. The summed E-state index contributed by atoms with van der Waals surface area (Å²) in [5.74, 6) is 0.908. The molecule has 1 amide bonds. The average Bonchev–Trinajstić information content (AvgIpc) is 3.20. The van der Waals surface area contributed by atoms with Crippen molar-refractivity contribution in [3.05, 3.63) is 47.1 Å². The Kier molecular flexibility index (Phi) is 3.86. The van der Waals surface area contributed by atoms with Crippen LogP contribution in [0, 0.1) is 12.8 Å². The number of carbonyl (C=O) groups is 1. The second kappa shape index (κ2) is 6.16. The largest absolute Gasteiger partial charge is 0.346 e. The lowest BCUT2D eigenvalue weighted by Crippen LogP contribution is -2.28. The monoisotopic (exact) mass is 339 g/mol. The van der Waals surface area contributed by atoms with Crippen LogP contribution >= 0.6 is 11.3 Å². The van der Waals surface area contributed by atoms with Crippen LogP contribution in [0.1, 0.15) is 23.6 Å². The third-order valence-electron chi connectivity index (χ3n) is 4.23. The molecule has 0 saturated carbocycles. The highest BCUT2D eigenvalue weighted by Crippen LogP contribution is 2.27. The van der Waals surface area contributed by atoms with E-state index in [4.69, 9.17) is 0 Å². The minimum absolute atomic E-state index is 0.0278. The van der Waals surface area contributed by atoms with Gasteiger partial charge in [0.1, 0.15) is 5.82 Å². The summed E-state index contributed by atoms with van der Waals surface area (Å²) in [6, 6.07) is 3.83. The highest BCUT2D eigenvalue weighted by atomic mass is 32.1. The summed E-state index contributed by atoms with van der Waals surface area (Å²) >= 11 is 1.44. The van der Waals surface area contributed by atoms with Crippen molar-refractivity contribution in [2.24, 2.45) is 5.92 Å². The topological polar surface area (TPSA) is 83.6 Å². The molecule has 3 heterocycles. The maximum atomic E-state index is 12.5. The van der Waals surface area contributed by atoms with Gasteiger partial charge in [-0.1, -0.05) is 0 Å². The molecule has 0 fully saturated rings. The number of aromatic amines is 1. The molecule has 7 heteroatoms. The number of hydrogen-bond donors (Lipinski definition) is 2. The third-order valence-corrected chi connectivity index (χ3v) is 4.98. The SMILES string of the molecule is Cc1nc2c([nH]1)CC(C(=O)Nc1nc(-c3cccnc3)cs1)CC2. The zero-order chi connectivity index (χ0) is 16.5. The second-order valence-electron chi connectivity index (χ2n) is 5.96. The van der Waals surface area contributed by atoms with Gasteiger partial charge in [-0.2, -0.15) is 0 Å². The Balaban J connectivity index is 1.44. The Morgan fingerprint density at radius 1 is 1.42 bits per heavy atom. The van der Waals surface area contributed by atoms with Crippen LogP contribution in [0.25, 0.3) is 11.3 Å². The lowest BCUT2D eigenvalue weighted by atomic mass is 9.89. The number of aromatic nitrogens is 4. The van der Waals surface area contributed by atoms with Gasteiger partial charge in [0.05, 0.1) is 11.4 Å². The summed E-state index contributed by atoms with van der Waals surface area (Å²) < 4.78 is 0. The van der Waals surface area contributed by atoms with E-state index in [-0.39, 0.29) is 11.8 Å². The van der Waals surface area contributed by atoms with Gasteiger partial charge in [-0.25, -0.2) is 9.97 Å². The standard InChI is InChI=1S/C17H17N5OS/c1-10-19-13-5-4-11(7-14(13)20-10)16(23)22-17-21-15(9-24-17)12-3-2-6-18-8-12/h2-3,6,8-9,11H,4-5,7H2,1H3,(H,19,20)(H,21,22,23). The molecule has 1 aliphatic rings. The first kappa shape index (κ1) is 15.0. The first-order valence-electron chi connectivity index (χ1n) is 7.90. The van der Waals surface area contributed by atoms with Crippen LogP contribution in [0.15, 0.2) is 29.9 Å². The molecule has 0 spiro atoms. The van der Waals surface area contributed by atoms with Crippen LogP contribution in [0.2, 0.25) is 0 Å². The van der Waals surface area contributed by atoms with Crippen LogP contribution in [-0.2, 0) is 17.6 Å². The Bertz CT molecular complexity index is 870. The fraction of sp³-hybridized carbons (Fsp3) is 0.294. The van der Waals surface area contributed by atoms with Gasteiger partial charge in [-0.05, 0) is 31.9 Å². The number of H-pyrrole nitrogens is 1. The Morgan fingerprint density at radius 3 is 3.17 bits per heavy atom. The normalized spacial score (nSPS) is 16.6. The quantitative estimate of drug-likeness (QED) is 0.768. The number of nitrogens with zero attached hydrogens (tertiary/aromatic N) is 3. The zero-order valence-corrected chi connectivity index (χ0v) is 14.1. The van der Waals surface area contributed by atoms with Crippen molar-refractivity contribution in [3.63, 3.8) is 0 Å². The minimum Gasteiger partial charge on any atom is -0.346 e. The van der Waals surface area contributed by atoms with Gasteiger partial charge < -0.3 is 10.3 Å². The molecule has 1 unspecified atom stereocenters. The molecule has 122 valence electrons. The molecule has 1 atom stereocenters. The zero-order valence-electron chi connectivity index (χ0n) is 13.2. The lowest BCUT2D eigenvalue weighted by Gasteiger charge is -2.19. The third kappa shape index (κ3) is 2.94. The van der Waals surface area contributed by atoms with Gasteiger partial charge in [-0.3, -0.25) is 9.78 Å². The predicted molar refractivity (Wildman–Crippen MR) is 92.8 cm³/mol. The van der Waals surface area contributed by atoms with Crippen molar-refractivity contribution in [2.45, 2.75) is 26.2 Å². The van der Waals surface area contributed by atoms with Gasteiger partial charge in [0, 0.05) is 41.4 Å². The number of thiazole rings is 1. The predicted octanol–water partition coefficient (Wildman–Crippen LogP) is 2.98. The summed E-state index contributed by atoms with van der Waals surface area (Å²) in [6.07, 6.45) is 5.88. The smallest absolute Gasteiger partial charge is 0.229 e. The van der Waals surface area contributed by atoms with E-state index in [1.165, 1.54) is 11.3 Å². The number of pyridine rings is 1. The second-order valence-corrected chi connectivity index (χ2v) is 6.81.